The summed E-state index contributed by atoms with van der Waals surface area (Å²) in [6.45, 7) is 10.3. The second kappa shape index (κ2) is 9.96. The summed E-state index contributed by atoms with van der Waals surface area (Å²) >= 11 is 1.95. The van der Waals surface area contributed by atoms with Gasteiger partial charge in [0.05, 0.1) is 0 Å². The highest BCUT2D eigenvalue weighted by atomic mass is 127. The molecule has 0 radical (unpaired) electrons. The highest BCUT2D eigenvalue weighted by Gasteiger charge is 2.43. The first-order valence-corrected chi connectivity index (χ1v) is 10.3. The zero-order chi connectivity index (χ0) is 19.3. The molecule has 1 fully saturated rings. The first kappa shape index (κ1) is 23.0. The molecule has 28 heavy (non-hydrogen) atoms. The van der Waals surface area contributed by atoms with Gasteiger partial charge in [-0.05, 0) is 31.9 Å². The molecule has 2 N–H and O–H groups in total. The van der Waals surface area contributed by atoms with Crippen molar-refractivity contribution in [3.63, 3.8) is 0 Å². The van der Waals surface area contributed by atoms with Crippen LogP contribution in [0.2, 0.25) is 0 Å². The van der Waals surface area contributed by atoms with Crippen LogP contribution in [0.1, 0.15) is 52.3 Å². The molecule has 0 unspecified atom stereocenters. The van der Waals surface area contributed by atoms with Crippen LogP contribution in [0.5, 0.6) is 0 Å². The van der Waals surface area contributed by atoms with Crippen molar-refractivity contribution in [1.82, 2.24) is 20.8 Å². The summed E-state index contributed by atoms with van der Waals surface area (Å²) < 4.78 is 5.60. The van der Waals surface area contributed by atoms with Gasteiger partial charge in [-0.3, -0.25) is 0 Å². The Morgan fingerprint density at radius 1 is 1.21 bits per heavy atom. The van der Waals surface area contributed by atoms with E-state index in [4.69, 9.17) is 4.52 Å². The Labute approximate surface area is 188 Å². The van der Waals surface area contributed by atoms with Gasteiger partial charge in [-0.1, -0.05) is 44.1 Å². The molecule has 1 saturated carbocycles. The molecule has 2 aromatic rings. The number of thioether (sulfide) groups is 1. The third-order valence-electron chi connectivity index (χ3n) is 4.30. The van der Waals surface area contributed by atoms with Crippen LogP contribution in [0.15, 0.2) is 44.7 Å². The van der Waals surface area contributed by atoms with Crippen molar-refractivity contribution < 1.29 is 4.52 Å². The van der Waals surface area contributed by atoms with Crippen LogP contribution < -0.4 is 10.6 Å². The molecule has 0 bridgehead atoms. The Balaban J connectivity index is 0.00000280. The smallest absolute Gasteiger partial charge is 0.232 e. The highest BCUT2D eigenvalue weighted by Crippen LogP contribution is 2.51. The van der Waals surface area contributed by atoms with Gasteiger partial charge >= 0.3 is 0 Å². The lowest BCUT2D eigenvalue weighted by Crippen LogP contribution is -2.41. The van der Waals surface area contributed by atoms with E-state index in [9.17, 15) is 0 Å². The van der Waals surface area contributed by atoms with E-state index in [1.54, 1.807) is 0 Å². The van der Waals surface area contributed by atoms with Crippen molar-refractivity contribution in [3.8, 4) is 0 Å². The minimum atomic E-state index is -0.148. The van der Waals surface area contributed by atoms with E-state index in [1.807, 2.05) is 11.8 Å². The largest absolute Gasteiger partial charge is 0.357 e. The lowest BCUT2D eigenvalue weighted by atomic mass is 9.97. The number of halogens is 1. The SMILES string of the molecule is CCNC(=NCc1noc(C(C)(C)C)n1)NCC1(Sc2ccccc2)CC1.I. The third kappa shape index (κ3) is 6.65. The number of nitrogens with zero attached hydrogens (tertiary/aromatic N) is 3. The summed E-state index contributed by atoms with van der Waals surface area (Å²) in [6, 6.07) is 10.6. The molecule has 0 spiro atoms. The van der Waals surface area contributed by atoms with Gasteiger partial charge < -0.3 is 15.2 Å². The van der Waals surface area contributed by atoms with Gasteiger partial charge in [0.1, 0.15) is 6.54 Å². The second-order valence-corrected chi connectivity index (χ2v) is 9.45. The Bertz CT molecular complexity index is 768. The first-order valence-electron chi connectivity index (χ1n) is 9.49. The zero-order valence-electron chi connectivity index (χ0n) is 17.0. The Hall–Kier alpha value is -1.29. The predicted molar refractivity (Wildman–Crippen MR) is 125 cm³/mol. The van der Waals surface area contributed by atoms with Crippen molar-refractivity contribution in [3.05, 3.63) is 42.0 Å². The molecule has 0 saturated heterocycles. The van der Waals surface area contributed by atoms with Gasteiger partial charge in [-0.25, -0.2) is 4.99 Å². The monoisotopic (exact) mass is 515 g/mol. The van der Waals surface area contributed by atoms with Crippen molar-refractivity contribution in [1.29, 1.82) is 0 Å². The minimum absolute atomic E-state index is 0. The third-order valence-corrected chi connectivity index (χ3v) is 5.79. The molecule has 0 atom stereocenters. The summed E-state index contributed by atoms with van der Waals surface area (Å²) in [6.07, 6.45) is 2.44. The quantitative estimate of drug-likeness (QED) is 0.324. The lowest BCUT2D eigenvalue weighted by molar-refractivity contribution is 0.318. The molecule has 3 rings (SSSR count). The van der Waals surface area contributed by atoms with Gasteiger partial charge in [-0.15, -0.1) is 35.7 Å². The topological polar surface area (TPSA) is 75.3 Å². The van der Waals surface area contributed by atoms with Crippen LogP contribution in [0.3, 0.4) is 0 Å². The number of benzene rings is 1. The van der Waals surface area contributed by atoms with Crippen molar-refractivity contribution in [2.45, 2.75) is 62.1 Å². The summed E-state index contributed by atoms with van der Waals surface area (Å²) in [5.74, 6) is 2.04. The van der Waals surface area contributed by atoms with Crippen molar-refractivity contribution in [2.75, 3.05) is 13.1 Å². The van der Waals surface area contributed by atoms with Crippen LogP contribution in [0.4, 0.5) is 0 Å². The van der Waals surface area contributed by atoms with E-state index in [1.165, 1.54) is 17.7 Å². The van der Waals surface area contributed by atoms with Gasteiger partial charge in [0.15, 0.2) is 11.8 Å². The summed E-state index contributed by atoms with van der Waals surface area (Å²) in [4.78, 5) is 10.4. The lowest BCUT2D eigenvalue weighted by Gasteiger charge is -2.18. The maximum atomic E-state index is 5.34. The van der Waals surface area contributed by atoms with E-state index >= 15 is 0 Å². The fraction of sp³-hybridized carbons (Fsp3) is 0.550. The molecule has 1 aliphatic rings. The average Bonchev–Trinajstić information content (AvgIpc) is 3.21. The number of aliphatic imine (C=N–C) groups is 1. The maximum absolute atomic E-state index is 5.34. The number of hydrogen-bond acceptors (Lipinski definition) is 5. The first-order chi connectivity index (χ1) is 12.9. The van der Waals surface area contributed by atoms with E-state index in [0.717, 1.165) is 19.0 Å². The van der Waals surface area contributed by atoms with E-state index < -0.39 is 0 Å². The van der Waals surface area contributed by atoms with Crippen LogP contribution in [-0.4, -0.2) is 33.9 Å². The Kier molecular flexibility index (Phi) is 8.18. The number of rotatable bonds is 7. The predicted octanol–water partition coefficient (Wildman–Crippen LogP) is 4.37. The Morgan fingerprint density at radius 3 is 2.50 bits per heavy atom. The molecule has 0 aliphatic heterocycles. The number of aromatic nitrogens is 2. The minimum Gasteiger partial charge on any atom is -0.357 e. The normalized spacial score (nSPS) is 15.6. The standard InChI is InChI=1S/C20H29N5OS.HI/c1-5-21-18(22-13-16-24-17(26-25-16)19(2,3)4)23-14-20(11-12-20)27-15-9-7-6-8-10-15;/h6-10H,5,11-14H2,1-4H3,(H2,21,22,23);1H. The Morgan fingerprint density at radius 2 is 1.93 bits per heavy atom. The molecule has 1 heterocycles. The van der Waals surface area contributed by atoms with E-state index in [0.29, 0.717) is 18.3 Å². The maximum Gasteiger partial charge on any atom is 0.232 e. The molecule has 1 aromatic carbocycles. The number of nitrogens with one attached hydrogen (secondary N) is 2. The van der Waals surface area contributed by atoms with E-state index in [-0.39, 0.29) is 34.1 Å². The van der Waals surface area contributed by atoms with E-state index in [2.05, 4.69) is 83.8 Å². The fourth-order valence-corrected chi connectivity index (χ4v) is 3.80. The van der Waals surface area contributed by atoms with Crippen LogP contribution in [0.25, 0.3) is 0 Å². The molecular formula is C20H30IN5OS. The molecule has 6 nitrogen and oxygen atoms in total. The second-order valence-electron chi connectivity index (χ2n) is 7.91. The molecule has 0 amide bonds. The van der Waals surface area contributed by atoms with Crippen molar-refractivity contribution >= 4 is 41.7 Å². The summed E-state index contributed by atoms with van der Waals surface area (Å²) in [5, 5.41) is 10.8. The molecule has 8 heteroatoms. The summed E-state index contributed by atoms with van der Waals surface area (Å²) in [5.41, 5.74) is -0.148. The zero-order valence-corrected chi connectivity index (χ0v) is 20.1. The molecule has 154 valence electrons. The van der Waals surface area contributed by atoms with Gasteiger partial charge in [0.2, 0.25) is 5.89 Å². The molecule has 1 aliphatic carbocycles. The summed E-state index contributed by atoms with van der Waals surface area (Å²) in [7, 11) is 0. The number of hydrogen-bond donors (Lipinski definition) is 2. The van der Waals surface area contributed by atoms with Gasteiger partial charge in [0.25, 0.3) is 0 Å². The van der Waals surface area contributed by atoms with Crippen LogP contribution >= 0.6 is 35.7 Å². The highest BCUT2D eigenvalue weighted by molar-refractivity contribution is 14.0. The fourth-order valence-electron chi connectivity index (χ4n) is 2.55. The van der Waals surface area contributed by atoms with Crippen LogP contribution in [-0.2, 0) is 12.0 Å². The molecule has 1 aromatic heterocycles. The average molecular weight is 515 g/mol. The van der Waals surface area contributed by atoms with Gasteiger partial charge in [-0.2, -0.15) is 4.98 Å². The van der Waals surface area contributed by atoms with Crippen LogP contribution in [0, 0.1) is 0 Å². The number of guanidine groups is 1. The molecular weight excluding hydrogens is 485 g/mol. The van der Waals surface area contributed by atoms with Crippen molar-refractivity contribution in [2.24, 2.45) is 4.99 Å². The van der Waals surface area contributed by atoms with Gasteiger partial charge in [0, 0.05) is 28.1 Å².